The molecule has 0 aromatic heterocycles. The number of amides is 1. The van der Waals surface area contributed by atoms with E-state index in [4.69, 9.17) is 5.73 Å². The van der Waals surface area contributed by atoms with Gasteiger partial charge < -0.3 is 11.1 Å². The summed E-state index contributed by atoms with van der Waals surface area (Å²) in [6.45, 7) is 5.21. The van der Waals surface area contributed by atoms with Gasteiger partial charge in [-0.3, -0.25) is 4.79 Å². The lowest BCUT2D eigenvalue weighted by Gasteiger charge is -2.18. The highest BCUT2D eigenvalue weighted by Crippen LogP contribution is 2.22. The van der Waals surface area contributed by atoms with E-state index in [9.17, 15) is 13.6 Å². The van der Waals surface area contributed by atoms with E-state index in [2.05, 4.69) is 5.32 Å². The number of halogens is 2. The second-order valence-corrected chi connectivity index (χ2v) is 4.45. The first kappa shape index (κ1) is 14.6. The van der Waals surface area contributed by atoms with Crippen molar-refractivity contribution in [3.8, 4) is 0 Å². The van der Waals surface area contributed by atoms with E-state index in [-0.39, 0.29) is 11.5 Å². The van der Waals surface area contributed by atoms with Gasteiger partial charge in [-0.2, -0.15) is 0 Å². The molecule has 0 aliphatic heterocycles. The fourth-order valence-corrected chi connectivity index (χ4v) is 1.49. The molecule has 0 fully saturated rings. The molecule has 0 unspecified atom stereocenters. The lowest BCUT2D eigenvalue weighted by molar-refractivity contribution is -0.118. The maximum Gasteiger partial charge on any atom is 0.241 e. The van der Waals surface area contributed by atoms with Crippen LogP contribution in [0.4, 0.5) is 14.5 Å². The maximum atomic E-state index is 13.7. The van der Waals surface area contributed by atoms with Crippen LogP contribution in [-0.2, 0) is 4.79 Å². The summed E-state index contributed by atoms with van der Waals surface area (Å²) in [6, 6.07) is 1.65. The van der Waals surface area contributed by atoms with E-state index in [1.165, 1.54) is 13.0 Å². The van der Waals surface area contributed by atoms with Gasteiger partial charge in [0.05, 0.1) is 6.04 Å². The lowest BCUT2D eigenvalue weighted by Crippen LogP contribution is -2.41. The predicted octanol–water partition coefficient (Wildman–Crippen LogP) is 2.59. The van der Waals surface area contributed by atoms with Crippen molar-refractivity contribution >= 4 is 11.6 Å². The number of rotatable bonds is 4. The van der Waals surface area contributed by atoms with Gasteiger partial charge in [-0.05, 0) is 24.5 Å². The minimum absolute atomic E-state index is 0.0547. The van der Waals surface area contributed by atoms with Gasteiger partial charge >= 0.3 is 0 Å². The van der Waals surface area contributed by atoms with Crippen LogP contribution < -0.4 is 11.1 Å². The Morgan fingerprint density at radius 2 is 2.06 bits per heavy atom. The largest absolute Gasteiger partial charge is 0.320 e. The standard InChI is InChI=1S/C13H18F2N2O/c1-4-7(2)11(16)13(18)17-12-9(14)6-5-8(3)10(12)15/h5-7,11H,4,16H2,1-3H3,(H,17,18)/t7-,11-/m0/s1. The molecule has 1 aromatic rings. The molecule has 1 rings (SSSR count). The molecule has 0 bridgehead atoms. The molecule has 3 nitrogen and oxygen atoms in total. The monoisotopic (exact) mass is 256 g/mol. The van der Waals surface area contributed by atoms with Crippen LogP contribution in [0.5, 0.6) is 0 Å². The molecule has 18 heavy (non-hydrogen) atoms. The van der Waals surface area contributed by atoms with E-state index >= 15 is 0 Å². The number of carbonyl (C=O) groups excluding carboxylic acids is 1. The zero-order valence-electron chi connectivity index (χ0n) is 10.8. The van der Waals surface area contributed by atoms with Crippen molar-refractivity contribution in [2.75, 3.05) is 5.32 Å². The molecular weight excluding hydrogens is 238 g/mol. The molecule has 0 heterocycles. The highest BCUT2D eigenvalue weighted by atomic mass is 19.1. The van der Waals surface area contributed by atoms with Crippen LogP contribution in [0.3, 0.4) is 0 Å². The molecule has 1 aromatic carbocycles. The summed E-state index contributed by atoms with van der Waals surface area (Å²) >= 11 is 0. The summed E-state index contributed by atoms with van der Waals surface area (Å²) in [4.78, 5) is 11.8. The highest BCUT2D eigenvalue weighted by Gasteiger charge is 2.22. The Kier molecular flexibility index (Phi) is 4.78. The third kappa shape index (κ3) is 3.04. The SMILES string of the molecule is CC[C@H](C)[C@H](N)C(=O)Nc1c(F)ccc(C)c1F. The predicted molar refractivity (Wildman–Crippen MR) is 67.2 cm³/mol. The molecule has 3 N–H and O–H groups in total. The lowest BCUT2D eigenvalue weighted by atomic mass is 9.99. The zero-order valence-corrected chi connectivity index (χ0v) is 10.8. The van der Waals surface area contributed by atoms with E-state index in [1.807, 2.05) is 13.8 Å². The first-order valence-corrected chi connectivity index (χ1v) is 5.89. The Labute approximate surface area is 105 Å². The zero-order chi connectivity index (χ0) is 13.9. The average Bonchev–Trinajstić information content (AvgIpc) is 2.37. The first-order chi connectivity index (χ1) is 8.38. The summed E-state index contributed by atoms with van der Waals surface area (Å²) in [7, 11) is 0. The first-order valence-electron chi connectivity index (χ1n) is 5.89. The van der Waals surface area contributed by atoms with Gasteiger partial charge in [-0.1, -0.05) is 26.3 Å². The molecule has 0 spiro atoms. The quantitative estimate of drug-likeness (QED) is 0.870. The Balaban J connectivity index is 2.92. The molecule has 0 radical (unpaired) electrons. The average molecular weight is 256 g/mol. The molecule has 100 valence electrons. The third-order valence-corrected chi connectivity index (χ3v) is 3.09. The van der Waals surface area contributed by atoms with Gasteiger partial charge in [0, 0.05) is 0 Å². The fourth-order valence-electron chi connectivity index (χ4n) is 1.49. The third-order valence-electron chi connectivity index (χ3n) is 3.09. The van der Waals surface area contributed by atoms with Crippen molar-refractivity contribution in [3.05, 3.63) is 29.3 Å². The van der Waals surface area contributed by atoms with Crippen LogP contribution in [0.2, 0.25) is 0 Å². The number of benzene rings is 1. The smallest absolute Gasteiger partial charge is 0.241 e. The Morgan fingerprint density at radius 1 is 1.44 bits per heavy atom. The minimum atomic E-state index is -0.803. The van der Waals surface area contributed by atoms with Crippen LogP contribution in [0.25, 0.3) is 0 Å². The van der Waals surface area contributed by atoms with E-state index < -0.39 is 29.3 Å². The summed E-state index contributed by atoms with van der Waals surface area (Å²) in [5.41, 5.74) is 5.54. The van der Waals surface area contributed by atoms with Gasteiger partial charge in [0.25, 0.3) is 0 Å². The highest BCUT2D eigenvalue weighted by molar-refractivity contribution is 5.95. The van der Waals surface area contributed by atoms with Crippen molar-refractivity contribution in [2.45, 2.75) is 33.2 Å². The van der Waals surface area contributed by atoms with E-state index in [0.29, 0.717) is 6.42 Å². The van der Waals surface area contributed by atoms with Gasteiger partial charge in [-0.15, -0.1) is 0 Å². The molecule has 0 saturated heterocycles. The molecule has 5 heteroatoms. The number of aryl methyl sites for hydroxylation is 1. The van der Waals surface area contributed by atoms with Gasteiger partial charge in [-0.25, -0.2) is 8.78 Å². The number of nitrogens with two attached hydrogens (primary N) is 1. The van der Waals surface area contributed by atoms with Crippen molar-refractivity contribution in [3.63, 3.8) is 0 Å². The molecule has 0 aliphatic carbocycles. The Morgan fingerprint density at radius 3 is 2.61 bits per heavy atom. The normalized spacial score (nSPS) is 14.1. The second kappa shape index (κ2) is 5.91. The van der Waals surface area contributed by atoms with E-state index in [0.717, 1.165) is 6.07 Å². The molecule has 1 amide bonds. The van der Waals surface area contributed by atoms with Gasteiger partial charge in [0.2, 0.25) is 5.91 Å². The van der Waals surface area contributed by atoms with Crippen molar-refractivity contribution in [2.24, 2.45) is 11.7 Å². The molecule has 2 atom stereocenters. The Bertz CT molecular complexity index is 449. The van der Waals surface area contributed by atoms with E-state index in [1.54, 1.807) is 0 Å². The summed E-state index contributed by atoms with van der Waals surface area (Å²) in [5, 5.41) is 2.22. The number of carbonyl (C=O) groups is 1. The van der Waals surface area contributed by atoms with Crippen molar-refractivity contribution in [1.82, 2.24) is 0 Å². The number of hydrogen-bond donors (Lipinski definition) is 2. The maximum absolute atomic E-state index is 13.7. The van der Waals surface area contributed by atoms with Crippen LogP contribution in [0.1, 0.15) is 25.8 Å². The van der Waals surface area contributed by atoms with Crippen molar-refractivity contribution < 1.29 is 13.6 Å². The molecule has 0 saturated carbocycles. The molecular formula is C13H18F2N2O. The second-order valence-electron chi connectivity index (χ2n) is 4.45. The number of anilines is 1. The topological polar surface area (TPSA) is 55.1 Å². The van der Waals surface area contributed by atoms with Crippen LogP contribution in [0, 0.1) is 24.5 Å². The Hall–Kier alpha value is -1.49. The minimum Gasteiger partial charge on any atom is -0.320 e. The van der Waals surface area contributed by atoms with Gasteiger partial charge in [0.15, 0.2) is 5.82 Å². The summed E-state index contributed by atoms with van der Waals surface area (Å²) < 4.78 is 27.1. The van der Waals surface area contributed by atoms with Crippen LogP contribution >= 0.6 is 0 Å². The number of nitrogens with one attached hydrogen (secondary N) is 1. The van der Waals surface area contributed by atoms with Crippen LogP contribution in [-0.4, -0.2) is 11.9 Å². The van der Waals surface area contributed by atoms with Crippen molar-refractivity contribution in [1.29, 1.82) is 0 Å². The summed E-state index contributed by atoms with van der Waals surface area (Å²) in [5.74, 6) is -2.20. The van der Waals surface area contributed by atoms with Crippen LogP contribution in [0.15, 0.2) is 12.1 Å². The fraction of sp³-hybridized carbons (Fsp3) is 0.462. The molecule has 0 aliphatic rings. The van der Waals surface area contributed by atoms with Gasteiger partial charge in [0.1, 0.15) is 11.5 Å². The number of hydrogen-bond acceptors (Lipinski definition) is 2. The summed E-state index contributed by atoms with van der Waals surface area (Å²) in [6.07, 6.45) is 0.716.